The van der Waals surface area contributed by atoms with Crippen LogP contribution in [0.3, 0.4) is 0 Å². The van der Waals surface area contributed by atoms with Gasteiger partial charge in [0.2, 0.25) is 11.8 Å². The third-order valence-electron chi connectivity index (χ3n) is 2.69. The molecule has 1 atom stereocenters. The van der Waals surface area contributed by atoms with Crippen LogP contribution in [-0.4, -0.2) is 28.7 Å². The first kappa shape index (κ1) is 16.0. The first-order chi connectivity index (χ1) is 9.95. The number of hydrogen-bond acceptors (Lipinski definition) is 4. The van der Waals surface area contributed by atoms with Crippen LogP contribution in [0, 0.1) is 0 Å². The summed E-state index contributed by atoms with van der Waals surface area (Å²) in [6.45, 7) is -0.147. The summed E-state index contributed by atoms with van der Waals surface area (Å²) < 4.78 is 0.422. The van der Waals surface area contributed by atoms with Crippen molar-refractivity contribution < 1.29 is 14.7 Å². The van der Waals surface area contributed by atoms with Crippen molar-refractivity contribution in [3.63, 3.8) is 0 Å². The van der Waals surface area contributed by atoms with Crippen LogP contribution in [0.5, 0.6) is 5.75 Å². The summed E-state index contributed by atoms with van der Waals surface area (Å²) in [6.07, 6.45) is 0.371. The van der Waals surface area contributed by atoms with Crippen LogP contribution < -0.4 is 10.6 Å². The highest BCUT2D eigenvalue weighted by Gasteiger charge is 2.29. The Bertz CT molecular complexity index is 576. The van der Waals surface area contributed by atoms with E-state index in [0.29, 0.717) is 21.5 Å². The molecule has 5 nitrogen and oxygen atoms in total. The second-order valence-corrected chi connectivity index (χ2v) is 6.57. The summed E-state index contributed by atoms with van der Waals surface area (Å²) in [5.74, 6) is -0.530. The molecule has 8 heteroatoms. The van der Waals surface area contributed by atoms with Crippen LogP contribution in [0.25, 0.3) is 0 Å². The molecule has 0 fully saturated rings. The zero-order chi connectivity index (χ0) is 15.4. The fourth-order valence-electron chi connectivity index (χ4n) is 1.65. The highest BCUT2D eigenvalue weighted by molar-refractivity contribution is 8.06. The third-order valence-corrected chi connectivity index (χ3v) is 4.86. The number of carbonyl (C=O) groups excluding carboxylic acids is 2. The number of allylic oxidation sites excluding steroid dienone is 1. The average Bonchev–Trinajstić information content (AvgIpc) is 2.79. The van der Waals surface area contributed by atoms with Crippen molar-refractivity contribution in [2.24, 2.45) is 0 Å². The molecule has 1 aliphatic heterocycles. The molecule has 0 aromatic heterocycles. The predicted molar refractivity (Wildman–Crippen MR) is 84.5 cm³/mol. The van der Waals surface area contributed by atoms with Gasteiger partial charge in [0.25, 0.3) is 0 Å². The molecule has 112 valence electrons. The van der Waals surface area contributed by atoms with E-state index in [1.54, 1.807) is 12.1 Å². The monoisotopic (exact) mass is 346 g/mol. The number of carbonyl (C=O) groups is 2. The molecule has 21 heavy (non-hydrogen) atoms. The Balaban J connectivity index is 1.77. The number of nitrogens with one attached hydrogen (secondary N) is 2. The summed E-state index contributed by atoms with van der Waals surface area (Å²) in [5, 5.41) is 14.3. The molecule has 1 aliphatic rings. The van der Waals surface area contributed by atoms with Gasteiger partial charge in [-0.2, -0.15) is 0 Å². The molecule has 0 radical (unpaired) electrons. The molecule has 2 rings (SSSR count). The SMILES string of the molecule is O=C(CNC(=O)C1CC(Cl)=C(Cl)S1)Nc1ccc(O)cc1. The highest BCUT2D eigenvalue weighted by atomic mass is 35.5. The number of amides is 2. The van der Waals surface area contributed by atoms with E-state index in [9.17, 15) is 9.59 Å². The summed E-state index contributed by atoms with van der Waals surface area (Å²) >= 11 is 12.8. The summed E-state index contributed by atoms with van der Waals surface area (Å²) in [4.78, 5) is 23.5. The molecule has 0 bridgehead atoms. The summed E-state index contributed by atoms with van der Waals surface area (Å²) in [6, 6.07) is 6.04. The normalized spacial score (nSPS) is 17.7. The van der Waals surface area contributed by atoms with Gasteiger partial charge >= 0.3 is 0 Å². The zero-order valence-corrected chi connectivity index (χ0v) is 13.1. The van der Waals surface area contributed by atoms with E-state index in [2.05, 4.69) is 10.6 Å². The topological polar surface area (TPSA) is 78.4 Å². The Hall–Kier alpha value is -1.37. The van der Waals surface area contributed by atoms with Crippen LogP contribution in [0.2, 0.25) is 0 Å². The minimum absolute atomic E-state index is 0.112. The number of phenols is 1. The van der Waals surface area contributed by atoms with Gasteiger partial charge < -0.3 is 15.7 Å². The van der Waals surface area contributed by atoms with Gasteiger partial charge in [0.1, 0.15) is 5.75 Å². The van der Waals surface area contributed by atoms with Gasteiger partial charge in [-0.15, -0.1) is 0 Å². The lowest BCUT2D eigenvalue weighted by Crippen LogP contribution is -2.37. The molecular weight excluding hydrogens is 335 g/mol. The van der Waals surface area contributed by atoms with Gasteiger partial charge in [0, 0.05) is 17.1 Å². The Morgan fingerprint density at radius 3 is 2.52 bits per heavy atom. The van der Waals surface area contributed by atoms with E-state index in [1.807, 2.05) is 0 Å². The van der Waals surface area contributed by atoms with Gasteiger partial charge in [-0.3, -0.25) is 9.59 Å². The molecule has 1 aromatic carbocycles. The van der Waals surface area contributed by atoms with Gasteiger partial charge in [0.15, 0.2) is 0 Å². The number of thioether (sulfide) groups is 1. The number of benzene rings is 1. The number of phenolic OH excluding ortho intramolecular Hbond substituents is 1. The zero-order valence-electron chi connectivity index (χ0n) is 10.7. The van der Waals surface area contributed by atoms with Crippen molar-refractivity contribution in [2.75, 3.05) is 11.9 Å². The van der Waals surface area contributed by atoms with Crippen molar-refractivity contribution >= 4 is 52.5 Å². The number of halogens is 2. The molecule has 1 heterocycles. The largest absolute Gasteiger partial charge is 0.508 e. The Morgan fingerprint density at radius 2 is 1.95 bits per heavy atom. The van der Waals surface area contributed by atoms with Crippen molar-refractivity contribution in [1.82, 2.24) is 5.32 Å². The minimum Gasteiger partial charge on any atom is -0.508 e. The molecule has 0 saturated heterocycles. The minimum atomic E-state index is -0.397. The lowest BCUT2D eigenvalue weighted by molar-refractivity contribution is -0.123. The van der Waals surface area contributed by atoms with Gasteiger partial charge in [-0.25, -0.2) is 0 Å². The molecular formula is C13H12Cl2N2O3S. The molecule has 3 N–H and O–H groups in total. The first-order valence-electron chi connectivity index (χ1n) is 6.03. The number of rotatable bonds is 4. The lowest BCUT2D eigenvalue weighted by atomic mass is 10.3. The molecule has 0 aliphatic carbocycles. The first-order valence-corrected chi connectivity index (χ1v) is 7.66. The predicted octanol–water partition coefficient (Wildman–Crippen LogP) is 2.60. The third kappa shape index (κ3) is 4.56. The van der Waals surface area contributed by atoms with Crippen molar-refractivity contribution in [3.05, 3.63) is 33.7 Å². The molecule has 1 aromatic rings. The van der Waals surface area contributed by atoms with Crippen LogP contribution in [0.1, 0.15) is 6.42 Å². The van der Waals surface area contributed by atoms with E-state index < -0.39 is 5.25 Å². The van der Waals surface area contributed by atoms with Crippen LogP contribution in [-0.2, 0) is 9.59 Å². The lowest BCUT2D eigenvalue weighted by Gasteiger charge is -2.10. The Kier molecular flexibility index (Phi) is 5.39. The van der Waals surface area contributed by atoms with Crippen LogP contribution >= 0.6 is 35.0 Å². The van der Waals surface area contributed by atoms with E-state index >= 15 is 0 Å². The van der Waals surface area contributed by atoms with Crippen LogP contribution in [0.15, 0.2) is 33.7 Å². The second kappa shape index (κ2) is 7.06. The molecule has 2 amide bonds. The van der Waals surface area contributed by atoms with Crippen LogP contribution in [0.4, 0.5) is 5.69 Å². The smallest absolute Gasteiger partial charge is 0.243 e. The quantitative estimate of drug-likeness (QED) is 0.732. The van der Waals surface area contributed by atoms with E-state index in [0.717, 1.165) is 0 Å². The maximum absolute atomic E-state index is 11.8. The number of anilines is 1. The standard InChI is InChI=1S/C13H12Cl2N2O3S/c14-9-5-10(21-12(9)15)13(20)16-6-11(19)17-7-1-3-8(18)4-2-7/h1-4,10,18H,5-6H2,(H,16,20)(H,17,19). The van der Waals surface area contributed by atoms with E-state index in [-0.39, 0.29) is 24.1 Å². The van der Waals surface area contributed by atoms with E-state index in [1.165, 1.54) is 23.9 Å². The fraction of sp³-hybridized carbons (Fsp3) is 0.231. The van der Waals surface area contributed by atoms with Crippen molar-refractivity contribution in [3.8, 4) is 5.75 Å². The second-order valence-electron chi connectivity index (χ2n) is 4.30. The van der Waals surface area contributed by atoms with Crippen molar-refractivity contribution in [2.45, 2.75) is 11.7 Å². The average molecular weight is 347 g/mol. The highest BCUT2D eigenvalue weighted by Crippen LogP contribution is 2.41. The summed E-state index contributed by atoms with van der Waals surface area (Å²) in [5.41, 5.74) is 0.537. The molecule has 0 spiro atoms. The van der Waals surface area contributed by atoms with Gasteiger partial charge in [-0.1, -0.05) is 35.0 Å². The maximum Gasteiger partial charge on any atom is 0.243 e. The van der Waals surface area contributed by atoms with Gasteiger partial charge in [0.05, 0.1) is 16.2 Å². The van der Waals surface area contributed by atoms with Gasteiger partial charge in [-0.05, 0) is 24.3 Å². The maximum atomic E-state index is 11.8. The van der Waals surface area contributed by atoms with Crippen molar-refractivity contribution in [1.29, 1.82) is 0 Å². The Labute approximate surface area is 135 Å². The fourth-order valence-corrected chi connectivity index (χ4v) is 3.33. The Morgan fingerprint density at radius 1 is 1.29 bits per heavy atom. The molecule has 0 saturated carbocycles. The van der Waals surface area contributed by atoms with E-state index in [4.69, 9.17) is 28.3 Å². The number of aromatic hydroxyl groups is 1. The summed E-state index contributed by atoms with van der Waals surface area (Å²) in [7, 11) is 0. The molecule has 1 unspecified atom stereocenters. The number of hydrogen-bond donors (Lipinski definition) is 3.